The predicted molar refractivity (Wildman–Crippen MR) is 152 cm³/mol. The average molecular weight is 545 g/mol. The van der Waals surface area contributed by atoms with Crippen molar-refractivity contribution in [2.45, 2.75) is 24.0 Å². The van der Waals surface area contributed by atoms with Gasteiger partial charge in [0.1, 0.15) is 0 Å². The molecule has 0 saturated heterocycles. The summed E-state index contributed by atoms with van der Waals surface area (Å²) in [5.74, 6) is 0. The van der Waals surface area contributed by atoms with Crippen molar-refractivity contribution in [3.63, 3.8) is 0 Å². The van der Waals surface area contributed by atoms with Gasteiger partial charge in [0.25, 0.3) is 0 Å². The number of aromatic nitrogens is 1. The average Bonchev–Trinajstić information content (AvgIpc) is 3.24. The van der Waals surface area contributed by atoms with Crippen LogP contribution in [0.4, 0.5) is 15.6 Å². The van der Waals surface area contributed by atoms with Gasteiger partial charge in [0.15, 0.2) is 9.34 Å². The van der Waals surface area contributed by atoms with Gasteiger partial charge in [0, 0.05) is 12.2 Å². The molecule has 1 aromatic heterocycles. The molecule has 0 aliphatic rings. The van der Waals surface area contributed by atoms with Crippen molar-refractivity contribution in [2.24, 2.45) is 5.14 Å². The quantitative estimate of drug-likeness (QED) is 0.355. The maximum atomic E-state index is 13.3. The Bertz CT molecular complexity index is 1260. The summed E-state index contributed by atoms with van der Waals surface area (Å²) in [4.78, 5) is 23.6. The smallest absolute Gasteiger partial charge is 0.309 e. The molecule has 0 atom stereocenters. The number of nitrogens with zero attached hydrogens (tertiary/aromatic N) is 4. The van der Waals surface area contributed by atoms with E-state index in [1.165, 1.54) is 4.90 Å². The molecule has 0 unspecified atom stereocenters. The zero-order chi connectivity index (χ0) is 27.0. The highest BCUT2D eigenvalue weighted by molar-refractivity contribution is 7.91. The number of urea groups is 1. The number of amides is 2. The summed E-state index contributed by atoms with van der Waals surface area (Å²) in [6.45, 7) is 4.70. The summed E-state index contributed by atoms with van der Waals surface area (Å²) in [7, 11) is 2.23. The molecule has 0 radical (unpaired) electrons. The zero-order valence-electron chi connectivity index (χ0n) is 21.8. The first-order valence-corrected chi connectivity index (χ1v) is 14.5. The second-order valence-corrected chi connectivity index (χ2v) is 12.0. The molecule has 9 nitrogen and oxygen atoms in total. The topological polar surface area (TPSA) is 112 Å². The summed E-state index contributed by atoms with van der Waals surface area (Å²) < 4.78 is 23.9. The molecule has 0 bridgehead atoms. The molecule has 0 fully saturated rings. The Morgan fingerprint density at radius 3 is 2.08 bits per heavy atom. The van der Waals surface area contributed by atoms with Crippen LogP contribution in [-0.4, -0.2) is 76.6 Å². The van der Waals surface area contributed by atoms with E-state index in [1.807, 2.05) is 54.6 Å². The van der Waals surface area contributed by atoms with E-state index in [0.717, 1.165) is 48.5 Å². The molecule has 0 aliphatic heterocycles. The molecule has 0 saturated carbocycles. The van der Waals surface area contributed by atoms with Crippen LogP contribution >= 0.6 is 11.3 Å². The van der Waals surface area contributed by atoms with Crippen LogP contribution in [-0.2, 0) is 10.0 Å². The number of primary sulfonamides is 1. The van der Waals surface area contributed by atoms with E-state index in [0.29, 0.717) is 23.8 Å². The van der Waals surface area contributed by atoms with Crippen LogP contribution in [0.1, 0.15) is 18.5 Å². The second kappa shape index (κ2) is 13.1. The van der Waals surface area contributed by atoms with Gasteiger partial charge in [-0.3, -0.25) is 4.90 Å². The number of carbonyl (C=O) groups is 1. The Labute approximate surface area is 224 Å². The molecule has 3 aromatic rings. The number of nitrogens with one attached hydrogen (secondary N) is 1. The number of hydrogen-bond acceptors (Lipinski definition) is 7. The molecule has 200 valence electrons. The summed E-state index contributed by atoms with van der Waals surface area (Å²) in [6.07, 6.45) is 1.75. The number of benzene rings is 2. The molecule has 2 amide bonds. The van der Waals surface area contributed by atoms with E-state index in [4.69, 9.17) is 5.14 Å². The molecular weight excluding hydrogens is 508 g/mol. The first kappa shape index (κ1) is 28.7. The number of rotatable bonds is 12. The largest absolute Gasteiger partial charge is 0.328 e. The first-order valence-electron chi connectivity index (χ1n) is 12.1. The van der Waals surface area contributed by atoms with Crippen LogP contribution < -0.4 is 15.4 Å². The van der Waals surface area contributed by atoms with Crippen molar-refractivity contribution >= 4 is 38.2 Å². The van der Waals surface area contributed by atoms with Gasteiger partial charge in [-0.15, -0.1) is 0 Å². The van der Waals surface area contributed by atoms with Gasteiger partial charge in [-0.25, -0.2) is 23.3 Å². The van der Waals surface area contributed by atoms with Crippen LogP contribution in [0.15, 0.2) is 58.8 Å². The fourth-order valence-corrected chi connectivity index (χ4v) is 5.84. The molecule has 3 rings (SSSR count). The molecular formula is C26H36N6O3S2. The Kier molecular flexibility index (Phi) is 10.2. The predicted octanol–water partition coefficient (Wildman–Crippen LogP) is 4.08. The van der Waals surface area contributed by atoms with E-state index < -0.39 is 10.0 Å². The van der Waals surface area contributed by atoms with Crippen molar-refractivity contribution in [3.05, 3.63) is 60.3 Å². The van der Waals surface area contributed by atoms with Crippen molar-refractivity contribution < 1.29 is 13.2 Å². The van der Waals surface area contributed by atoms with Gasteiger partial charge in [-0.1, -0.05) is 53.8 Å². The lowest BCUT2D eigenvalue weighted by Crippen LogP contribution is -2.37. The van der Waals surface area contributed by atoms with E-state index in [-0.39, 0.29) is 15.9 Å². The molecule has 2 aromatic carbocycles. The Morgan fingerprint density at radius 2 is 1.51 bits per heavy atom. The lowest BCUT2D eigenvalue weighted by molar-refractivity contribution is 0.255. The lowest BCUT2D eigenvalue weighted by atomic mass is 10.1. The van der Waals surface area contributed by atoms with Crippen LogP contribution in [0.25, 0.3) is 11.1 Å². The van der Waals surface area contributed by atoms with E-state index in [1.54, 1.807) is 6.92 Å². The highest BCUT2D eigenvalue weighted by Gasteiger charge is 2.24. The minimum Gasteiger partial charge on any atom is -0.309 e. The summed E-state index contributed by atoms with van der Waals surface area (Å²) in [5, 5.41) is 8.58. The van der Waals surface area contributed by atoms with Gasteiger partial charge in [-0.05, 0) is 83.8 Å². The third-order valence-corrected chi connectivity index (χ3v) is 8.52. The third-order valence-electron chi connectivity index (χ3n) is 5.79. The van der Waals surface area contributed by atoms with Crippen LogP contribution in [0.3, 0.4) is 0 Å². The van der Waals surface area contributed by atoms with Crippen molar-refractivity contribution in [1.29, 1.82) is 0 Å². The number of hydrogen-bond donors (Lipinski definition) is 2. The standard InChI is InChI=1S/C26H36N6O3S2/c1-20-24(37(27,34)35)36-26(28-20)32(19-9-18-31(4)17-8-16-30(2)3)25(33)29-23-14-12-22(13-15-23)21-10-6-5-7-11-21/h5-7,10-15H,8-9,16-19H2,1-4H3,(H,29,33)(H2,27,34,35). The number of anilines is 2. The van der Waals surface area contributed by atoms with Gasteiger partial charge in [0.2, 0.25) is 10.0 Å². The minimum atomic E-state index is -3.93. The molecule has 11 heteroatoms. The van der Waals surface area contributed by atoms with E-state index >= 15 is 0 Å². The minimum absolute atomic E-state index is 0.0340. The number of carbonyl (C=O) groups excluding carboxylic acids is 1. The first-order chi connectivity index (χ1) is 17.5. The maximum Gasteiger partial charge on any atom is 0.328 e. The van der Waals surface area contributed by atoms with Crippen LogP contribution in [0.2, 0.25) is 0 Å². The number of sulfonamides is 1. The second-order valence-electron chi connectivity index (χ2n) is 9.25. The van der Waals surface area contributed by atoms with Crippen molar-refractivity contribution in [1.82, 2.24) is 14.8 Å². The highest BCUT2D eigenvalue weighted by Crippen LogP contribution is 2.30. The van der Waals surface area contributed by atoms with Crippen LogP contribution in [0.5, 0.6) is 0 Å². The molecule has 0 spiro atoms. The summed E-state index contributed by atoms with van der Waals surface area (Å²) in [6, 6.07) is 17.2. The normalized spacial score (nSPS) is 11.8. The maximum absolute atomic E-state index is 13.3. The van der Waals surface area contributed by atoms with Gasteiger partial charge >= 0.3 is 6.03 Å². The summed E-state index contributed by atoms with van der Waals surface area (Å²) >= 11 is 0.911. The monoisotopic (exact) mass is 544 g/mol. The lowest BCUT2D eigenvalue weighted by Gasteiger charge is -2.23. The van der Waals surface area contributed by atoms with Gasteiger partial charge < -0.3 is 15.1 Å². The Morgan fingerprint density at radius 1 is 0.919 bits per heavy atom. The molecule has 0 aliphatic carbocycles. The highest BCUT2D eigenvalue weighted by atomic mass is 32.2. The fourth-order valence-electron chi connectivity index (χ4n) is 3.87. The molecule has 3 N–H and O–H groups in total. The fraction of sp³-hybridized carbons (Fsp3) is 0.385. The van der Waals surface area contributed by atoms with Gasteiger partial charge in [0.05, 0.1) is 5.69 Å². The Balaban J connectivity index is 1.72. The van der Waals surface area contributed by atoms with E-state index in [9.17, 15) is 13.2 Å². The molecule has 1 heterocycles. The number of thiazole rings is 1. The summed E-state index contributed by atoms with van der Waals surface area (Å²) in [5.41, 5.74) is 3.05. The number of aryl methyl sites for hydroxylation is 1. The van der Waals surface area contributed by atoms with Gasteiger partial charge in [-0.2, -0.15) is 0 Å². The zero-order valence-corrected chi connectivity index (χ0v) is 23.5. The molecule has 37 heavy (non-hydrogen) atoms. The Hall–Kier alpha value is -2.83. The van der Waals surface area contributed by atoms with Crippen molar-refractivity contribution in [3.8, 4) is 11.1 Å². The van der Waals surface area contributed by atoms with E-state index in [2.05, 4.69) is 41.2 Å². The number of nitrogens with two attached hydrogens (primary N) is 1. The van der Waals surface area contributed by atoms with Crippen LogP contribution in [0, 0.1) is 6.92 Å². The SMILES string of the molecule is Cc1nc(N(CCCN(C)CCCN(C)C)C(=O)Nc2ccc(-c3ccccc3)cc2)sc1S(N)(=O)=O. The third kappa shape index (κ3) is 8.61. The van der Waals surface area contributed by atoms with Crippen molar-refractivity contribution in [2.75, 3.05) is 57.5 Å².